The maximum absolute atomic E-state index is 12.2. The van der Waals surface area contributed by atoms with Gasteiger partial charge in [-0.1, -0.05) is 37.6 Å². The van der Waals surface area contributed by atoms with Crippen molar-refractivity contribution in [2.75, 3.05) is 5.43 Å². The van der Waals surface area contributed by atoms with Crippen molar-refractivity contribution in [3.63, 3.8) is 0 Å². The molecule has 6 heteroatoms. The van der Waals surface area contributed by atoms with Crippen LogP contribution in [0.25, 0.3) is 0 Å². The number of Topliss-reactive ketones (excluding diaryl/α,β-unsaturated/α-hetero) is 1. The van der Waals surface area contributed by atoms with E-state index in [4.69, 9.17) is 11.6 Å². The van der Waals surface area contributed by atoms with E-state index in [0.29, 0.717) is 17.2 Å². The van der Waals surface area contributed by atoms with Gasteiger partial charge in [0.15, 0.2) is 5.78 Å². The molecule has 1 atom stereocenters. The minimum atomic E-state index is -0.143. The fourth-order valence-electron chi connectivity index (χ4n) is 2.12. The molecule has 0 aliphatic carbocycles. The van der Waals surface area contributed by atoms with Crippen LogP contribution in [0.5, 0.6) is 0 Å². The number of aromatic nitrogens is 2. The molecule has 22 heavy (non-hydrogen) atoms. The lowest BCUT2D eigenvalue weighted by atomic mass is 9.93. The molecule has 1 aromatic heterocycles. The predicted molar refractivity (Wildman–Crippen MR) is 89.4 cm³/mol. The zero-order valence-electron chi connectivity index (χ0n) is 12.9. The lowest BCUT2D eigenvalue weighted by Crippen LogP contribution is -2.21. The van der Waals surface area contributed by atoms with Gasteiger partial charge < -0.3 is 0 Å². The highest BCUT2D eigenvalue weighted by molar-refractivity contribution is 6.41. The summed E-state index contributed by atoms with van der Waals surface area (Å²) in [5, 5.41) is 9.01. The van der Waals surface area contributed by atoms with Crippen LogP contribution in [0.4, 0.5) is 5.69 Å². The van der Waals surface area contributed by atoms with E-state index in [1.807, 2.05) is 45.2 Å². The van der Waals surface area contributed by atoms with Crippen molar-refractivity contribution in [1.82, 2.24) is 9.78 Å². The molecule has 1 unspecified atom stereocenters. The van der Waals surface area contributed by atoms with E-state index in [1.54, 1.807) is 17.1 Å². The van der Waals surface area contributed by atoms with E-state index in [1.165, 1.54) is 0 Å². The third-order valence-electron chi connectivity index (χ3n) is 3.38. The zero-order chi connectivity index (χ0) is 16.1. The monoisotopic (exact) mass is 318 g/mol. The van der Waals surface area contributed by atoms with Crippen LogP contribution >= 0.6 is 11.6 Å². The van der Waals surface area contributed by atoms with Gasteiger partial charge in [-0.05, 0) is 17.7 Å². The van der Waals surface area contributed by atoms with Crippen LogP contribution in [0.15, 0.2) is 41.8 Å². The summed E-state index contributed by atoms with van der Waals surface area (Å²) in [4.78, 5) is 12.2. The van der Waals surface area contributed by atoms with E-state index >= 15 is 0 Å². The molecule has 0 aliphatic rings. The van der Waals surface area contributed by atoms with E-state index in [-0.39, 0.29) is 11.7 Å². The Bertz CT molecular complexity index is 693. The van der Waals surface area contributed by atoms with Gasteiger partial charge in [-0.15, -0.1) is 0 Å². The van der Waals surface area contributed by atoms with Gasteiger partial charge in [-0.25, -0.2) is 0 Å². The van der Waals surface area contributed by atoms with Crippen LogP contribution in [0, 0.1) is 0 Å². The molecule has 1 aromatic carbocycles. The summed E-state index contributed by atoms with van der Waals surface area (Å²) in [6, 6.07) is 7.48. The van der Waals surface area contributed by atoms with Crippen molar-refractivity contribution >= 4 is 28.8 Å². The van der Waals surface area contributed by atoms with Gasteiger partial charge in [0.25, 0.3) is 0 Å². The number of ketones is 1. The first-order chi connectivity index (χ1) is 10.5. The largest absolute Gasteiger partial charge is 0.293 e. The number of nitrogens with zero attached hydrogens (tertiary/aromatic N) is 3. The number of hydrogen-bond donors (Lipinski definition) is 1. The van der Waals surface area contributed by atoms with Gasteiger partial charge in [0, 0.05) is 30.6 Å². The minimum Gasteiger partial charge on any atom is -0.293 e. The fraction of sp³-hybridized carbons (Fsp3) is 0.312. The average Bonchev–Trinajstić information content (AvgIpc) is 2.92. The quantitative estimate of drug-likeness (QED) is 0.653. The molecular formula is C16H19ClN4O. The molecule has 0 saturated heterocycles. The highest BCUT2D eigenvalue weighted by atomic mass is 35.5. The molecule has 5 nitrogen and oxygen atoms in total. The molecule has 0 aliphatic heterocycles. The van der Waals surface area contributed by atoms with E-state index in [2.05, 4.69) is 15.6 Å². The third kappa shape index (κ3) is 3.95. The fourth-order valence-corrected chi connectivity index (χ4v) is 2.32. The summed E-state index contributed by atoms with van der Waals surface area (Å²) in [6.45, 7) is 3.77. The van der Waals surface area contributed by atoms with Crippen molar-refractivity contribution in [2.24, 2.45) is 12.1 Å². The Morgan fingerprint density at radius 1 is 1.50 bits per heavy atom. The number of carbonyl (C=O) groups excluding carboxylic acids is 1. The lowest BCUT2D eigenvalue weighted by Gasteiger charge is -2.14. The van der Waals surface area contributed by atoms with Gasteiger partial charge >= 0.3 is 0 Å². The van der Waals surface area contributed by atoms with Crippen molar-refractivity contribution < 1.29 is 4.79 Å². The molecule has 0 spiro atoms. The average molecular weight is 319 g/mol. The zero-order valence-corrected chi connectivity index (χ0v) is 13.6. The molecule has 0 bridgehead atoms. The second kappa shape index (κ2) is 7.22. The Labute approximate surface area is 135 Å². The topological polar surface area (TPSA) is 59.3 Å². The normalized spacial score (nSPS) is 13.0. The summed E-state index contributed by atoms with van der Waals surface area (Å²) in [7, 11) is 1.82. The van der Waals surface area contributed by atoms with Crippen LogP contribution < -0.4 is 5.43 Å². The maximum atomic E-state index is 12.2. The van der Waals surface area contributed by atoms with Gasteiger partial charge in [0.1, 0.15) is 5.71 Å². The smallest absolute Gasteiger partial charge is 0.179 e. The first-order valence-electron chi connectivity index (χ1n) is 7.12. The molecule has 116 valence electrons. The molecule has 2 aromatic rings. The molecule has 0 radical (unpaired) electrons. The standard InChI is InChI=1S/C16H19ClN4O/c1-4-15(22)16(20-19-14-9-18-21(3)10-14)11(2)12-6-5-7-13(17)8-12/h5-11,19H,4H2,1-3H3/b20-16+. The molecule has 0 amide bonds. The van der Waals surface area contributed by atoms with Crippen molar-refractivity contribution in [1.29, 1.82) is 0 Å². The highest BCUT2D eigenvalue weighted by Crippen LogP contribution is 2.22. The van der Waals surface area contributed by atoms with Gasteiger partial charge in [-0.2, -0.15) is 10.2 Å². The summed E-state index contributed by atoms with van der Waals surface area (Å²) >= 11 is 6.03. The Morgan fingerprint density at radius 3 is 2.86 bits per heavy atom. The first kappa shape index (κ1) is 16.2. The SMILES string of the molecule is CCC(=O)/C(=N/Nc1cnn(C)c1)C(C)c1cccc(Cl)c1. The Balaban J connectivity index is 2.27. The van der Waals surface area contributed by atoms with Crippen molar-refractivity contribution in [3.8, 4) is 0 Å². The Hall–Kier alpha value is -2.14. The van der Waals surface area contributed by atoms with Crippen LogP contribution in [0.1, 0.15) is 31.7 Å². The number of halogens is 1. The van der Waals surface area contributed by atoms with E-state index < -0.39 is 0 Å². The number of anilines is 1. The number of rotatable bonds is 6. The summed E-state index contributed by atoms with van der Waals surface area (Å²) in [5.74, 6) is -0.140. The minimum absolute atomic E-state index is 0.00358. The molecule has 0 saturated carbocycles. The molecular weight excluding hydrogens is 300 g/mol. The van der Waals surface area contributed by atoms with Crippen LogP contribution in [-0.4, -0.2) is 21.3 Å². The van der Waals surface area contributed by atoms with Gasteiger partial charge in [-0.3, -0.25) is 14.9 Å². The summed E-state index contributed by atoms with van der Waals surface area (Å²) < 4.78 is 1.67. The van der Waals surface area contributed by atoms with E-state index in [9.17, 15) is 4.79 Å². The van der Waals surface area contributed by atoms with Crippen molar-refractivity contribution in [2.45, 2.75) is 26.2 Å². The lowest BCUT2D eigenvalue weighted by molar-refractivity contribution is -0.112. The number of nitrogens with one attached hydrogen (secondary N) is 1. The number of hydrazone groups is 1. The number of carbonyl (C=O) groups is 1. The maximum Gasteiger partial charge on any atom is 0.179 e. The predicted octanol–water partition coefficient (Wildman–Crippen LogP) is 3.62. The molecule has 2 rings (SSSR count). The van der Waals surface area contributed by atoms with Crippen LogP contribution in [0.3, 0.4) is 0 Å². The number of hydrogen-bond acceptors (Lipinski definition) is 4. The molecule has 0 fully saturated rings. The van der Waals surface area contributed by atoms with Gasteiger partial charge in [0.2, 0.25) is 0 Å². The summed E-state index contributed by atoms with van der Waals surface area (Å²) in [6.07, 6.45) is 3.85. The molecule has 1 N–H and O–H groups in total. The number of aryl methyl sites for hydroxylation is 1. The Kier molecular flexibility index (Phi) is 5.33. The first-order valence-corrected chi connectivity index (χ1v) is 7.50. The third-order valence-corrected chi connectivity index (χ3v) is 3.61. The second-order valence-corrected chi connectivity index (χ2v) is 5.50. The van der Waals surface area contributed by atoms with Crippen LogP contribution in [0.2, 0.25) is 5.02 Å². The van der Waals surface area contributed by atoms with Crippen LogP contribution in [-0.2, 0) is 11.8 Å². The van der Waals surface area contributed by atoms with E-state index in [0.717, 1.165) is 11.3 Å². The highest BCUT2D eigenvalue weighted by Gasteiger charge is 2.20. The van der Waals surface area contributed by atoms with Gasteiger partial charge in [0.05, 0.1) is 11.9 Å². The Morgan fingerprint density at radius 2 is 2.27 bits per heavy atom. The van der Waals surface area contributed by atoms with Crippen molar-refractivity contribution in [3.05, 3.63) is 47.2 Å². The summed E-state index contributed by atoms with van der Waals surface area (Å²) in [5.41, 5.74) is 5.07. The molecule has 1 heterocycles. The second-order valence-electron chi connectivity index (χ2n) is 5.06. The number of benzene rings is 1.